The van der Waals surface area contributed by atoms with Crippen LogP contribution in [0.3, 0.4) is 0 Å². The van der Waals surface area contributed by atoms with Crippen LogP contribution in [0.25, 0.3) is 0 Å². The predicted molar refractivity (Wildman–Crippen MR) is 90.1 cm³/mol. The Labute approximate surface area is 128 Å². The zero-order valence-corrected chi connectivity index (χ0v) is 13.1. The average molecular weight is 284 g/mol. The molecule has 2 aliphatic carbocycles. The molecule has 1 saturated heterocycles. The monoisotopic (exact) mass is 284 g/mol. The van der Waals surface area contributed by atoms with Crippen molar-refractivity contribution in [1.82, 2.24) is 0 Å². The maximum Gasteiger partial charge on any atom is 0.0367 e. The fourth-order valence-electron chi connectivity index (χ4n) is 4.72. The molecule has 2 nitrogen and oxygen atoms in total. The lowest BCUT2D eigenvalue weighted by atomic mass is 9.57. The van der Waals surface area contributed by atoms with E-state index in [1.807, 2.05) is 0 Å². The maximum absolute atomic E-state index is 3.84. The first-order valence-electron chi connectivity index (χ1n) is 8.97. The lowest BCUT2D eigenvalue weighted by Crippen LogP contribution is -2.50. The third-order valence-corrected chi connectivity index (χ3v) is 6.20. The van der Waals surface area contributed by atoms with Crippen molar-refractivity contribution < 1.29 is 0 Å². The minimum atomic E-state index is 0.645. The van der Waals surface area contributed by atoms with Crippen LogP contribution in [-0.4, -0.2) is 19.1 Å². The minimum Gasteiger partial charge on any atom is -0.382 e. The van der Waals surface area contributed by atoms with Crippen LogP contribution < -0.4 is 10.2 Å². The average Bonchev–Trinajstić information content (AvgIpc) is 3.07. The van der Waals surface area contributed by atoms with Gasteiger partial charge in [-0.3, -0.25) is 0 Å². The summed E-state index contributed by atoms with van der Waals surface area (Å²) >= 11 is 0. The number of hydrogen-bond donors (Lipinski definition) is 1. The van der Waals surface area contributed by atoms with E-state index in [0.717, 1.165) is 6.04 Å². The second-order valence-corrected chi connectivity index (χ2v) is 7.40. The maximum atomic E-state index is 3.84. The molecule has 3 fully saturated rings. The quantitative estimate of drug-likeness (QED) is 0.856. The van der Waals surface area contributed by atoms with Gasteiger partial charge in [0.05, 0.1) is 0 Å². The van der Waals surface area contributed by atoms with Gasteiger partial charge in [-0.05, 0) is 68.2 Å². The summed E-state index contributed by atoms with van der Waals surface area (Å²) in [7, 11) is 0. The molecule has 0 amide bonds. The first kappa shape index (κ1) is 13.5. The molecule has 1 atom stereocenters. The van der Waals surface area contributed by atoms with E-state index in [0.29, 0.717) is 5.41 Å². The number of nitrogens with zero attached hydrogens (tertiary/aromatic N) is 1. The normalized spacial score (nSPS) is 27.6. The molecule has 1 aromatic rings. The van der Waals surface area contributed by atoms with Gasteiger partial charge in [0.15, 0.2) is 0 Å². The van der Waals surface area contributed by atoms with Crippen LogP contribution in [0, 0.1) is 5.41 Å². The van der Waals surface area contributed by atoms with Gasteiger partial charge in [0.25, 0.3) is 0 Å². The molecule has 1 aromatic carbocycles. The second-order valence-electron chi connectivity index (χ2n) is 7.40. The highest BCUT2D eigenvalue weighted by Gasteiger charge is 2.46. The molecule has 21 heavy (non-hydrogen) atoms. The van der Waals surface area contributed by atoms with Crippen LogP contribution in [0.5, 0.6) is 0 Å². The molecule has 4 rings (SSSR count). The number of benzene rings is 1. The molecule has 1 heterocycles. The van der Waals surface area contributed by atoms with E-state index in [1.54, 1.807) is 0 Å². The van der Waals surface area contributed by atoms with Crippen molar-refractivity contribution >= 4 is 11.4 Å². The van der Waals surface area contributed by atoms with E-state index in [1.165, 1.54) is 82.3 Å². The molecular formula is C19H28N2. The molecule has 114 valence electrons. The van der Waals surface area contributed by atoms with Crippen molar-refractivity contribution in [3.63, 3.8) is 0 Å². The van der Waals surface area contributed by atoms with Gasteiger partial charge in [0, 0.05) is 30.5 Å². The van der Waals surface area contributed by atoms with Crippen LogP contribution in [0.4, 0.5) is 11.4 Å². The van der Waals surface area contributed by atoms with E-state index in [4.69, 9.17) is 0 Å². The van der Waals surface area contributed by atoms with Crippen molar-refractivity contribution in [2.45, 2.75) is 63.8 Å². The van der Waals surface area contributed by atoms with Gasteiger partial charge in [-0.2, -0.15) is 0 Å². The highest BCUT2D eigenvalue weighted by Crippen LogP contribution is 2.52. The molecular weight excluding hydrogens is 256 g/mol. The Morgan fingerprint density at radius 3 is 2.19 bits per heavy atom. The minimum absolute atomic E-state index is 0.645. The number of hydrogen-bond acceptors (Lipinski definition) is 2. The molecule has 3 aliphatic rings. The number of rotatable bonds is 3. The Kier molecular flexibility index (Phi) is 3.56. The summed E-state index contributed by atoms with van der Waals surface area (Å²) < 4.78 is 0. The van der Waals surface area contributed by atoms with E-state index in [-0.39, 0.29) is 0 Å². The van der Waals surface area contributed by atoms with Gasteiger partial charge in [0.2, 0.25) is 0 Å². The summed E-state index contributed by atoms with van der Waals surface area (Å²) in [4.78, 5) is 2.51. The lowest BCUT2D eigenvalue weighted by Gasteiger charge is -2.52. The van der Waals surface area contributed by atoms with Crippen LogP contribution in [0.15, 0.2) is 24.3 Å². The zero-order chi connectivity index (χ0) is 14.1. The Hall–Kier alpha value is -1.18. The van der Waals surface area contributed by atoms with Gasteiger partial charge >= 0.3 is 0 Å². The topological polar surface area (TPSA) is 15.3 Å². The Balaban J connectivity index is 1.40. The smallest absolute Gasteiger partial charge is 0.0367 e. The lowest BCUT2D eigenvalue weighted by molar-refractivity contribution is 0.0571. The van der Waals surface area contributed by atoms with E-state index >= 15 is 0 Å². The molecule has 2 heteroatoms. The van der Waals surface area contributed by atoms with E-state index in [2.05, 4.69) is 34.5 Å². The van der Waals surface area contributed by atoms with Crippen LogP contribution in [0.2, 0.25) is 0 Å². The SMILES string of the molecule is c1cc(N2CCCC2)ccc1NC1CCC12CCCCC2. The molecule has 0 bridgehead atoms. The summed E-state index contributed by atoms with van der Waals surface area (Å²) in [6.45, 7) is 2.47. The number of nitrogens with one attached hydrogen (secondary N) is 1. The Morgan fingerprint density at radius 1 is 0.857 bits per heavy atom. The van der Waals surface area contributed by atoms with Crippen molar-refractivity contribution in [1.29, 1.82) is 0 Å². The Morgan fingerprint density at radius 2 is 1.57 bits per heavy atom. The molecule has 1 N–H and O–H groups in total. The van der Waals surface area contributed by atoms with Gasteiger partial charge in [-0.1, -0.05) is 19.3 Å². The van der Waals surface area contributed by atoms with E-state index in [9.17, 15) is 0 Å². The first-order valence-corrected chi connectivity index (χ1v) is 8.97. The van der Waals surface area contributed by atoms with Crippen molar-refractivity contribution in [3.05, 3.63) is 24.3 Å². The predicted octanol–water partition coefficient (Wildman–Crippen LogP) is 4.81. The summed E-state index contributed by atoms with van der Waals surface area (Å²) in [6.07, 6.45) is 12.8. The molecule has 1 unspecified atom stereocenters. The molecule has 0 radical (unpaired) electrons. The zero-order valence-electron chi connectivity index (χ0n) is 13.1. The van der Waals surface area contributed by atoms with Crippen molar-refractivity contribution in [3.8, 4) is 0 Å². The van der Waals surface area contributed by atoms with Crippen molar-refractivity contribution in [2.24, 2.45) is 5.41 Å². The molecule has 0 aromatic heterocycles. The second kappa shape index (κ2) is 5.55. The van der Waals surface area contributed by atoms with Crippen molar-refractivity contribution in [2.75, 3.05) is 23.3 Å². The van der Waals surface area contributed by atoms with Crippen LogP contribution in [-0.2, 0) is 0 Å². The van der Waals surface area contributed by atoms with Gasteiger partial charge < -0.3 is 10.2 Å². The Bertz CT molecular complexity index is 467. The fourth-order valence-corrected chi connectivity index (χ4v) is 4.72. The van der Waals surface area contributed by atoms with Crippen LogP contribution in [0.1, 0.15) is 57.8 Å². The largest absolute Gasteiger partial charge is 0.382 e. The summed E-state index contributed by atoms with van der Waals surface area (Å²) in [5.41, 5.74) is 3.37. The van der Waals surface area contributed by atoms with Gasteiger partial charge in [-0.15, -0.1) is 0 Å². The van der Waals surface area contributed by atoms with Crippen LogP contribution >= 0.6 is 0 Å². The summed E-state index contributed by atoms with van der Waals surface area (Å²) in [5.74, 6) is 0. The highest BCUT2D eigenvalue weighted by molar-refractivity contribution is 5.56. The molecule has 1 spiro atoms. The third-order valence-electron chi connectivity index (χ3n) is 6.20. The first-order chi connectivity index (χ1) is 10.4. The molecule has 2 saturated carbocycles. The summed E-state index contributed by atoms with van der Waals surface area (Å²) in [5, 5.41) is 3.84. The molecule has 1 aliphatic heterocycles. The van der Waals surface area contributed by atoms with E-state index < -0.39 is 0 Å². The number of anilines is 2. The third kappa shape index (κ3) is 2.54. The highest BCUT2D eigenvalue weighted by atomic mass is 15.1. The summed E-state index contributed by atoms with van der Waals surface area (Å²) in [6, 6.07) is 9.93. The fraction of sp³-hybridized carbons (Fsp3) is 0.684. The van der Waals surface area contributed by atoms with Gasteiger partial charge in [-0.25, -0.2) is 0 Å². The van der Waals surface area contributed by atoms with Gasteiger partial charge in [0.1, 0.15) is 0 Å². The standard InChI is InChI=1S/C19H28N2/c1-2-11-19(12-3-1)13-10-18(19)20-16-6-8-17(9-7-16)21-14-4-5-15-21/h6-9,18,20H,1-5,10-15H2.